The Hall–Kier alpha value is -2.34. The molecule has 0 aliphatic carbocycles. The van der Waals surface area contributed by atoms with Crippen LogP contribution in [0.5, 0.6) is 5.75 Å². The van der Waals surface area contributed by atoms with Gasteiger partial charge in [0.1, 0.15) is 24.0 Å². The second kappa shape index (κ2) is 9.43. The predicted octanol–water partition coefficient (Wildman–Crippen LogP) is 6.10. The SMILES string of the molecule is O=C1OC(c2ccccc2F)=N/C1=C\c1cc(I)c(OCc2cccc(F)c2)c(I)c1. The van der Waals surface area contributed by atoms with Gasteiger partial charge in [-0.1, -0.05) is 24.3 Å². The summed E-state index contributed by atoms with van der Waals surface area (Å²) in [5, 5.41) is 0. The van der Waals surface area contributed by atoms with E-state index in [4.69, 9.17) is 9.47 Å². The normalized spacial score (nSPS) is 14.5. The number of ether oxygens (including phenoxy) is 2. The van der Waals surface area contributed by atoms with Crippen molar-refractivity contribution in [2.45, 2.75) is 6.61 Å². The maximum atomic E-state index is 14.0. The van der Waals surface area contributed by atoms with Crippen molar-refractivity contribution in [2.24, 2.45) is 4.99 Å². The lowest BCUT2D eigenvalue weighted by Crippen LogP contribution is -2.07. The van der Waals surface area contributed by atoms with Crippen molar-refractivity contribution >= 4 is 63.1 Å². The minimum atomic E-state index is -0.644. The van der Waals surface area contributed by atoms with Gasteiger partial charge in [0.15, 0.2) is 5.70 Å². The number of rotatable bonds is 5. The highest BCUT2D eigenvalue weighted by molar-refractivity contribution is 14.1. The van der Waals surface area contributed by atoms with E-state index in [1.807, 2.05) is 12.1 Å². The van der Waals surface area contributed by atoms with Gasteiger partial charge in [-0.05, 0) is 98.8 Å². The molecule has 4 nitrogen and oxygen atoms in total. The highest BCUT2D eigenvalue weighted by atomic mass is 127. The molecule has 0 fully saturated rings. The highest BCUT2D eigenvalue weighted by Gasteiger charge is 2.26. The summed E-state index contributed by atoms with van der Waals surface area (Å²) in [5.41, 5.74) is 1.65. The molecular weight excluding hydrogens is 630 g/mol. The van der Waals surface area contributed by atoms with Gasteiger partial charge in [0.25, 0.3) is 0 Å². The van der Waals surface area contributed by atoms with Crippen LogP contribution in [0.3, 0.4) is 0 Å². The average molecular weight is 643 g/mol. The van der Waals surface area contributed by atoms with Crippen LogP contribution in [0.25, 0.3) is 6.08 Å². The van der Waals surface area contributed by atoms with E-state index in [2.05, 4.69) is 50.2 Å². The minimum absolute atomic E-state index is 0.0613. The summed E-state index contributed by atoms with van der Waals surface area (Å²) in [4.78, 5) is 16.4. The Morgan fingerprint density at radius 3 is 2.45 bits per heavy atom. The number of carbonyl (C=O) groups excluding carboxylic acids is 1. The second-order valence-electron chi connectivity index (χ2n) is 6.55. The second-order valence-corrected chi connectivity index (χ2v) is 8.87. The van der Waals surface area contributed by atoms with Crippen LogP contribution < -0.4 is 4.74 Å². The van der Waals surface area contributed by atoms with Crippen molar-refractivity contribution in [3.63, 3.8) is 0 Å². The average Bonchev–Trinajstić information content (AvgIpc) is 3.08. The van der Waals surface area contributed by atoms with E-state index >= 15 is 0 Å². The fourth-order valence-electron chi connectivity index (χ4n) is 2.90. The molecule has 31 heavy (non-hydrogen) atoms. The van der Waals surface area contributed by atoms with Gasteiger partial charge < -0.3 is 9.47 Å². The van der Waals surface area contributed by atoms with E-state index in [0.717, 1.165) is 18.3 Å². The maximum absolute atomic E-state index is 14.0. The third-order valence-corrected chi connectivity index (χ3v) is 5.92. The Kier molecular flexibility index (Phi) is 6.65. The van der Waals surface area contributed by atoms with Gasteiger partial charge in [-0.3, -0.25) is 0 Å². The molecule has 0 spiro atoms. The molecule has 0 bridgehead atoms. The van der Waals surface area contributed by atoms with Crippen molar-refractivity contribution in [1.29, 1.82) is 0 Å². The molecule has 3 aromatic carbocycles. The molecule has 1 heterocycles. The number of hydrogen-bond acceptors (Lipinski definition) is 4. The molecule has 0 unspecified atom stereocenters. The van der Waals surface area contributed by atoms with Gasteiger partial charge >= 0.3 is 5.97 Å². The number of halogens is 4. The summed E-state index contributed by atoms with van der Waals surface area (Å²) in [7, 11) is 0. The fourth-order valence-corrected chi connectivity index (χ4v) is 5.03. The van der Waals surface area contributed by atoms with Gasteiger partial charge in [0.2, 0.25) is 5.90 Å². The first kappa shape index (κ1) is 21.9. The predicted molar refractivity (Wildman–Crippen MR) is 130 cm³/mol. The topological polar surface area (TPSA) is 47.9 Å². The van der Waals surface area contributed by atoms with Crippen LogP contribution >= 0.6 is 45.2 Å². The van der Waals surface area contributed by atoms with Crippen LogP contribution in [0.1, 0.15) is 16.7 Å². The Morgan fingerprint density at radius 1 is 1.00 bits per heavy atom. The standard InChI is InChI=1S/C23H13F2I2NO3/c24-15-5-3-4-13(8-15)12-30-21-18(26)9-14(10-19(21)27)11-20-23(29)31-22(28-20)16-6-1-2-7-17(16)25/h1-11H,12H2/b20-11-. The maximum Gasteiger partial charge on any atom is 0.363 e. The molecule has 1 aliphatic heterocycles. The molecule has 0 amide bonds. The van der Waals surface area contributed by atoms with Crippen LogP contribution in [0.15, 0.2) is 71.4 Å². The van der Waals surface area contributed by atoms with Crippen molar-refractivity contribution < 1.29 is 23.0 Å². The van der Waals surface area contributed by atoms with E-state index < -0.39 is 11.8 Å². The first-order chi connectivity index (χ1) is 14.9. The van der Waals surface area contributed by atoms with E-state index in [-0.39, 0.29) is 29.6 Å². The molecule has 0 N–H and O–H groups in total. The summed E-state index contributed by atoms with van der Waals surface area (Å²) in [6.45, 7) is 0.229. The minimum Gasteiger partial charge on any atom is -0.487 e. The summed E-state index contributed by atoms with van der Waals surface area (Å²) >= 11 is 4.27. The lowest BCUT2D eigenvalue weighted by atomic mass is 10.2. The first-order valence-corrected chi connectivity index (χ1v) is 11.2. The summed E-state index contributed by atoms with van der Waals surface area (Å²) in [5.74, 6) is -0.869. The fraction of sp³-hybridized carbons (Fsp3) is 0.0435. The Labute approximate surface area is 204 Å². The third-order valence-electron chi connectivity index (χ3n) is 4.32. The summed E-state index contributed by atoms with van der Waals surface area (Å²) < 4.78 is 40.0. The quantitative estimate of drug-likeness (QED) is 0.192. The van der Waals surface area contributed by atoms with E-state index in [0.29, 0.717) is 5.75 Å². The van der Waals surface area contributed by atoms with Crippen molar-refractivity contribution in [1.82, 2.24) is 0 Å². The zero-order valence-electron chi connectivity index (χ0n) is 15.7. The smallest absolute Gasteiger partial charge is 0.363 e. The molecule has 0 radical (unpaired) electrons. The number of nitrogens with zero attached hydrogens (tertiary/aromatic N) is 1. The molecular formula is C23H13F2I2NO3. The van der Waals surface area contributed by atoms with Crippen molar-refractivity contribution in [3.05, 3.63) is 102 Å². The number of esters is 1. The van der Waals surface area contributed by atoms with Gasteiger partial charge in [-0.25, -0.2) is 18.6 Å². The molecule has 156 valence electrons. The number of hydrogen-bond donors (Lipinski definition) is 0. The molecule has 3 aromatic rings. The molecule has 0 saturated carbocycles. The van der Waals surface area contributed by atoms with Crippen molar-refractivity contribution in [2.75, 3.05) is 0 Å². The Balaban J connectivity index is 1.57. The summed E-state index contributed by atoms with van der Waals surface area (Å²) in [6.07, 6.45) is 1.58. The number of cyclic esters (lactones) is 1. The Morgan fingerprint density at radius 2 is 1.74 bits per heavy atom. The van der Waals surface area contributed by atoms with Crippen LogP contribution in [-0.4, -0.2) is 11.9 Å². The monoisotopic (exact) mass is 643 g/mol. The molecule has 4 rings (SSSR count). The number of carbonyl (C=O) groups is 1. The molecule has 1 aliphatic rings. The van der Waals surface area contributed by atoms with Crippen LogP contribution in [-0.2, 0) is 16.1 Å². The lowest BCUT2D eigenvalue weighted by molar-refractivity contribution is -0.129. The highest BCUT2D eigenvalue weighted by Crippen LogP contribution is 2.31. The third kappa shape index (κ3) is 5.12. The molecule has 0 saturated heterocycles. The summed E-state index contributed by atoms with van der Waals surface area (Å²) in [6, 6.07) is 15.9. The van der Waals surface area contributed by atoms with Gasteiger partial charge in [0, 0.05) is 0 Å². The molecule has 0 atom stereocenters. The van der Waals surface area contributed by atoms with Crippen LogP contribution in [0.2, 0.25) is 0 Å². The van der Waals surface area contributed by atoms with Gasteiger partial charge in [-0.2, -0.15) is 0 Å². The van der Waals surface area contributed by atoms with Gasteiger partial charge in [-0.15, -0.1) is 0 Å². The van der Waals surface area contributed by atoms with E-state index in [9.17, 15) is 13.6 Å². The Bertz CT molecular complexity index is 1220. The van der Waals surface area contributed by atoms with E-state index in [1.54, 1.807) is 30.3 Å². The zero-order chi connectivity index (χ0) is 22.0. The largest absolute Gasteiger partial charge is 0.487 e. The zero-order valence-corrected chi connectivity index (χ0v) is 20.1. The van der Waals surface area contributed by atoms with E-state index in [1.165, 1.54) is 24.3 Å². The lowest BCUT2D eigenvalue weighted by Gasteiger charge is -2.11. The number of benzene rings is 3. The van der Waals surface area contributed by atoms with Crippen molar-refractivity contribution in [3.8, 4) is 5.75 Å². The van der Waals surface area contributed by atoms with Crippen LogP contribution in [0.4, 0.5) is 8.78 Å². The molecule has 0 aromatic heterocycles. The van der Waals surface area contributed by atoms with Crippen LogP contribution in [0, 0.1) is 18.8 Å². The number of aliphatic imine (C=N–C) groups is 1. The molecule has 8 heteroatoms. The van der Waals surface area contributed by atoms with Gasteiger partial charge in [0.05, 0.1) is 12.7 Å². The first-order valence-electron chi connectivity index (χ1n) is 9.04.